The molecular formula is C26H23F3N4O6S. The second-order valence-corrected chi connectivity index (χ2v) is 9.41. The van der Waals surface area contributed by atoms with Gasteiger partial charge in [0.2, 0.25) is 0 Å². The summed E-state index contributed by atoms with van der Waals surface area (Å²) in [6.45, 7) is 4.50. The van der Waals surface area contributed by atoms with Gasteiger partial charge in [-0.1, -0.05) is 0 Å². The molecule has 0 aliphatic carbocycles. The van der Waals surface area contributed by atoms with Crippen LogP contribution in [0.5, 0.6) is 11.5 Å². The fraction of sp³-hybridized carbons (Fsp3) is 0.269. The van der Waals surface area contributed by atoms with Crippen molar-refractivity contribution in [2.45, 2.75) is 26.9 Å². The van der Waals surface area contributed by atoms with Crippen molar-refractivity contribution < 1.29 is 41.8 Å². The van der Waals surface area contributed by atoms with Crippen molar-refractivity contribution in [1.82, 2.24) is 14.6 Å². The van der Waals surface area contributed by atoms with Gasteiger partial charge in [0.1, 0.15) is 5.00 Å². The maximum atomic E-state index is 14.1. The number of nitrogens with zero attached hydrogens (tertiary/aromatic N) is 3. The molecule has 0 saturated heterocycles. The van der Waals surface area contributed by atoms with Gasteiger partial charge in [-0.3, -0.25) is 9.59 Å². The summed E-state index contributed by atoms with van der Waals surface area (Å²) in [5, 5.41) is 6.34. The highest BCUT2D eigenvalue weighted by molar-refractivity contribution is 7.18. The van der Waals surface area contributed by atoms with Gasteiger partial charge in [-0.2, -0.15) is 18.3 Å². The van der Waals surface area contributed by atoms with Crippen molar-refractivity contribution in [3.05, 3.63) is 57.7 Å². The number of fused-ring (bicyclic) bond motifs is 1. The Hall–Kier alpha value is -4.46. The molecule has 10 nitrogen and oxygen atoms in total. The lowest BCUT2D eigenvalue weighted by Crippen LogP contribution is -2.17. The molecule has 14 heteroatoms. The van der Waals surface area contributed by atoms with Crippen LogP contribution < -0.4 is 14.8 Å². The molecule has 0 saturated carbocycles. The van der Waals surface area contributed by atoms with E-state index in [2.05, 4.69) is 15.4 Å². The highest BCUT2D eigenvalue weighted by Gasteiger charge is 2.36. The number of Topliss-reactive ketones (excluding diaryl/α,β-unsaturated/α-hetero) is 1. The number of thiophene rings is 1. The number of ketones is 1. The Labute approximate surface area is 229 Å². The molecule has 4 aromatic rings. The summed E-state index contributed by atoms with van der Waals surface area (Å²) in [6, 6.07) is 6.42. The molecule has 1 aromatic carbocycles. The van der Waals surface area contributed by atoms with Crippen molar-refractivity contribution in [2.75, 3.05) is 26.1 Å². The van der Waals surface area contributed by atoms with E-state index >= 15 is 0 Å². The second-order valence-electron chi connectivity index (χ2n) is 8.38. The van der Waals surface area contributed by atoms with Crippen LogP contribution >= 0.6 is 11.3 Å². The van der Waals surface area contributed by atoms with Crippen LogP contribution in [0.25, 0.3) is 16.9 Å². The number of carbonyl (C=O) groups is 3. The lowest BCUT2D eigenvalue weighted by molar-refractivity contribution is -0.142. The number of benzene rings is 1. The normalized spacial score (nSPS) is 11.4. The minimum atomic E-state index is -4.84. The molecular weight excluding hydrogens is 553 g/mol. The minimum Gasteiger partial charge on any atom is -0.493 e. The standard InChI is InChI=1S/C26H23F3N4O6S/c1-6-39-25(36)21-12(2)22(13(3)34)40-24(21)31-23(35)16-11-20-30-15(10-19(26(27,28)29)33(20)32-16)14-7-8-17(37-4)18(9-14)38-5/h7-11H,6H2,1-5H3,(H,31,35). The number of esters is 1. The fourth-order valence-electron chi connectivity index (χ4n) is 3.98. The van der Waals surface area contributed by atoms with Crippen molar-refractivity contribution in [3.8, 4) is 22.8 Å². The fourth-order valence-corrected chi connectivity index (χ4v) is 5.07. The van der Waals surface area contributed by atoms with Crippen LogP contribution in [-0.4, -0.2) is 53.1 Å². The number of carbonyl (C=O) groups excluding carboxylic acids is 3. The first kappa shape index (κ1) is 28.5. The van der Waals surface area contributed by atoms with Gasteiger partial charge >= 0.3 is 12.1 Å². The molecule has 0 unspecified atom stereocenters. The number of halogens is 3. The third-order valence-corrected chi connectivity index (χ3v) is 7.11. The highest BCUT2D eigenvalue weighted by atomic mass is 32.1. The van der Waals surface area contributed by atoms with E-state index in [1.165, 1.54) is 46.3 Å². The Morgan fingerprint density at radius 1 is 1.07 bits per heavy atom. The number of rotatable bonds is 8. The number of ether oxygens (including phenoxy) is 3. The third kappa shape index (κ3) is 5.34. The molecule has 40 heavy (non-hydrogen) atoms. The Morgan fingerprint density at radius 2 is 1.77 bits per heavy atom. The molecule has 3 aromatic heterocycles. The number of hydrogen-bond donors (Lipinski definition) is 1. The first-order valence-corrected chi connectivity index (χ1v) is 12.5. The lowest BCUT2D eigenvalue weighted by Gasteiger charge is -2.12. The van der Waals surface area contributed by atoms with Gasteiger partial charge < -0.3 is 19.5 Å². The van der Waals surface area contributed by atoms with E-state index in [1.807, 2.05) is 0 Å². The number of methoxy groups -OCH3 is 2. The van der Waals surface area contributed by atoms with Crippen molar-refractivity contribution in [2.24, 2.45) is 0 Å². The molecule has 4 rings (SSSR count). The largest absolute Gasteiger partial charge is 0.493 e. The maximum Gasteiger partial charge on any atom is 0.433 e. The Morgan fingerprint density at radius 3 is 2.38 bits per heavy atom. The monoisotopic (exact) mass is 576 g/mol. The molecule has 0 fully saturated rings. The van der Waals surface area contributed by atoms with Gasteiger partial charge in [0, 0.05) is 11.6 Å². The molecule has 0 atom stereocenters. The smallest absolute Gasteiger partial charge is 0.433 e. The van der Waals surface area contributed by atoms with Gasteiger partial charge in [0.05, 0.1) is 37.0 Å². The van der Waals surface area contributed by atoms with Crippen LogP contribution in [0.1, 0.15) is 55.6 Å². The zero-order valence-electron chi connectivity index (χ0n) is 21.9. The van der Waals surface area contributed by atoms with Gasteiger partial charge in [-0.15, -0.1) is 11.3 Å². The topological polar surface area (TPSA) is 121 Å². The van der Waals surface area contributed by atoms with E-state index in [1.54, 1.807) is 6.92 Å². The van der Waals surface area contributed by atoms with Gasteiger partial charge in [-0.25, -0.2) is 14.3 Å². The van der Waals surface area contributed by atoms with Crippen LogP contribution in [0.15, 0.2) is 30.3 Å². The van der Waals surface area contributed by atoms with Crippen LogP contribution in [0.2, 0.25) is 0 Å². The summed E-state index contributed by atoms with van der Waals surface area (Å²) >= 11 is 0.857. The van der Waals surface area contributed by atoms with Gasteiger partial charge in [0.25, 0.3) is 5.91 Å². The Kier molecular flexibility index (Phi) is 7.82. The molecule has 3 heterocycles. The van der Waals surface area contributed by atoms with Gasteiger partial charge in [0.15, 0.2) is 34.3 Å². The summed E-state index contributed by atoms with van der Waals surface area (Å²) in [4.78, 5) is 42.2. The molecule has 0 bridgehead atoms. The number of amides is 1. The molecule has 1 N–H and O–H groups in total. The van der Waals surface area contributed by atoms with E-state index in [0.29, 0.717) is 21.4 Å². The van der Waals surface area contributed by atoms with Crippen LogP contribution in [0.4, 0.5) is 18.2 Å². The van der Waals surface area contributed by atoms with Crippen LogP contribution in [0, 0.1) is 6.92 Å². The predicted octanol–water partition coefficient (Wildman–Crippen LogP) is 5.43. The van der Waals surface area contributed by atoms with Crippen LogP contribution in [-0.2, 0) is 10.9 Å². The number of anilines is 1. The summed E-state index contributed by atoms with van der Waals surface area (Å²) < 4.78 is 58.2. The Bertz CT molecular complexity index is 1640. The minimum absolute atomic E-state index is 0.0122. The summed E-state index contributed by atoms with van der Waals surface area (Å²) in [5.74, 6) is -1.33. The first-order valence-electron chi connectivity index (χ1n) is 11.7. The predicted molar refractivity (Wildman–Crippen MR) is 139 cm³/mol. The molecule has 0 spiro atoms. The average molecular weight is 577 g/mol. The average Bonchev–Trinajstić information content (AvgIpc) is 3.48. The molecule has 0 aliphatic rings. The molecule has 0 radical (unpaired) electrons. The quantitative estimate of drug-likeness (QED) is 0.218. The van der Waals surface area contributed by atoms with E-state index < -0.39 is 29.4 Å². The molecule has 1 amide bonds. The summed E-state index contributed by atoms with van der Waals surface area (Å²) in [7, 11) is 2.82. The SMILES string of the molecule is CCOC(=O)c1c(NC(=O)c2cc3nc(-c4ccc(OC)c(OC)c4)cc(C(F)(F)F)n3n2)sc(C(C)=O)c1C. The summed E-state index contributed by atoms with van der Waals surface area (Å²) in [6.07, 6.45) is -4.84. The summed E-state index contributed by atoms with van der Waals surface area (Å²) in [5.41, 5.74) is -1.24. The number of hydrogen-bond acceptors (Lipinski definition) is 9. The van der Waals surface area contributed by atoms with Gasteiger partial charge in [-0.05, 0) is 50.6 Å². The van der Waals surface area contributed by atoms with E-state index in [-0.39, 0.29) is 44.9 Å². The van der Waals surface area contributed by atoms with E-state index in [0.717, 1.165) is 23.5 Å². The van der Waals surface area contributed by atoms with Crippen LogP contribution in [0.3, 0.4) is 0 Å². The third-order valence-electron chi connectivity index (χ3n) is 5.80. The zero-order chi connectivity index (χ0) is 29.4. The van der Waals surface area contributed by atoms with Crippen molar-refractivity contribution in [1.29, 1.82) is 0 Å². The van der Waals surface area contributed by atoms with Crippen molar-refractivity contribution in [3.63, 3.8) is 0 Å². The molecule has 0 aliphatic heterocycles. The zero-order valence-corrected chi connectivity index (χ0v) is 22.7. The Balaban J connectivity index is 1.79. The highest BCUT2D eigenvalue weighted by Crippen LogP contribution is 2.37. The van der Waals surface area contributed by atoms with Crippen molar-refractivity contribution >= 4 is 39.6 Å². The first-order chi connectivity index (χ1) is 18.9. The second kappa shape index (κ2) is 11.0. The lowest BCUT2D eigenvalue weighted by atomic mass is 10.1. The number of nitrogens with one attached hydrogen (secondary N) is 1. The van der Waals surface area contributed by atoms with E-state index in [9.17, 15) is 27.6 Å². The number of aromatic nitrogens is 3. The molecule has 210 valence electrons. The maximum absolute atomic E-state index is 14.1. The van der Waals surface area contributed by atoms with E-state index in [4.69, 9.17) is 14.2 Å². The number of alkyl halides is 3.